The Balaban J connectivity index is 1.53. The van der Waals surface area contributed by atoms with E-state index in [-0.39, 0.29) is 17.8 Å². The smallest absolute Gasteiger partial charge is 0.272 e. The molecule has 132 valence electrons. The molecule has 26 heavy (non-hydrogen) atoms. The molecule has 3 aromatic rings. The summed E-state index contributed by atoms with van der Waals surface area (Å²) in [5, 5.41) is 3.25. The number of benzene rings is 1. The minimum atomic E-state index is -0.288. The first-order valence-corrected chi connectivity index (χ1v) is 9.24. The van der Waals surface area contributed by atoms with Gasteiger partial charge in [-0.2, -0.15) is 0 Å². The average molecular weight is 349 g/mol. The molecule has 0 atom stereocenters. The van der Waals surface area contributed by atoms with E-state index in [1.807, 2.05) is 28.8 Å². The fourth-order valence-electron chi connectivity index (χ4n) is 3.76. The van der Waals surface area contributed by atoms with Crippen LogP contribution < -0.4 is 5.32 Å². The Labute approximate surface area is 151 Å². The molecule has 1 amide bonds. The molecule has 0 saturated heterocycles. The summed E-state index contributed by atoms with van der Waals surface area (Å²) in [4.78, 5) is 17.6. The number of amides is 1. The van der Waals surface area contributed by atoms with E-state index in [1.54, 1.807) is 12.1 Å². The maximum Gasteiger partial charge on any atom is 0.272 e. The number of nitrogens with zero attached hydrogens (tertiary/aromatic N) is 2. The molecule has 1 N–H and O–H groups in total. The van der Waals surface area contributed by atoms with Gasteiger partial charge >= 0.3 is 0 Å². The first kappa shape index (κ1) is 15.6. The summed E-state index contributed by atoms with van der Waals surface area (Å²) in [7, 11) is 0. The molecule has 2 heterocycles. The topological polar surface area (TPSA) is 46.4 Å². The van der Waals surface area contributed by atoms with Crippen molar-refractivity contribution in [3.8, 4) is 11.4 Å². The van der Waals surface area contributed by atoms with E-state index in [1.165, 1.54) is 37.8 Å². The van der Waals surface area contributed by atoms with Crippen molar-refractivity contribution in [3.63, 3.8) is 0 Å². The highest BCUT2D eigenvalue weighted by atomic mass is 19.1. The number of pyridine rings is 1. The van der Waals surface area contributed by atoms with E-state index in [4.69, 9.17) is 0 Å². The molecule has 2 aromatic heterocycles. The Bertz CT molecular complexity index is 959. The van der Waals surface area contributed by atoms with Gasteiger partial charge < -0.3 is 5.32 Å². The SMILES string of the molecule is O=C(NC(C1CC1)C1CC1)c1nc(-c2ccc(F)cc2)n2ccccc12. The van der Waals surface area contributed by atoms with Crippen LogP contribution in [0.15, 0.2) is 48.7 Å². The Morgan fingerprint density at radius 1 is 1.08 bits per heavy atom. The zero-order valence-corrected chi connectivity index (χ0v) is 14.4. The number of carbonyl (C=O) groups is 1. The maximum absolute atomic E-state index is 13.3. The lowest BCUT2D eigenvalue weighted by Crippen LogP contribution is -2.38. The first-order chi connectivity index (χ1) is 12.7. The Morgan fingerprint density at radius 3 is 2.42 bits per heavy atom. The second-order valence-corrected chi connectivity index (χ2v) is 7.42. The zero-order valence-electron chi connectivity index (χ0n) is 14.4. The summed E-state index contributed by atoms with van der Waals surface area (Å²) < 4.78 is 15.2. The molecular formula is C21H20FN3O. The third-order valence-corrected chi connectivity index (χ3v) is 5.42. The molecule has 2 fully saturated rings. The third kappa shape index (κ3) is 2.77. The van der Waals surface area contributed by atoms with E-state index in [0.717, 1.165) is 11.1 Å². The van der Waals surface area contributed by atoms with Crippen LogP contribution in [0.4, 0.5) is 4.39 Å². The van der Waals surface area contributed by atoms with Crippen molar-refractivity contribution in [2.24, 2.45) is 11.8 Å². The lowest BCUT2D eigenvalue weighted by molar-refractivity contribution is 0.0923. The second-order valence-electron chi connectivity index (χ2n) is 7.42. The number of halogens is 1. The fraction of sp³-hybridized carbons (Fsp3) is 0.333. The van der Waals surface area contributed by atoms with Crippen LogP contribution in [0.2, 0.25) is 0 Å². The number of aromatic nitrogens is 2. The van der Waals surface area contributed by atoms with Crippen molar-refractivity contribution in [1.29, 1.82) is 0 Å². The summed E-state index contributed by atoms with van der Waals surface area (Å²) in [6.45, 7) is 0. The largest absolute Gasteiger partial charge is 0.347 e. The van der Waals surface area contributed by atoms with E-state index < -0.39 is 0 Å². The predicted molar refractivity (Wildman–Crippen MR) is 97.3 cm³/mol. The molecule has 0 unspecified atom stereocenters. The standard InChI is InChI=1S/C21H20FN3O/c22-16-10-8-15(9-11-16)20-23-19(17-3-1-2-12-25(17)20)21(26)24-18(13-4-5-13)14-6-7-14/h1-3,8-14,18H,4-7H2,(H,24,26). The molecule has 5 rings (SSSR count). The zero-order chi connectivity index (χ0) is 17.7. The van der Waals surface area contributed by atoms with E-state index in [0.29, 0.717) is 23.4 Å². The summed E-state index contributed by atoms with van der Waals surface area (Å²) in [5.41, 5.74) is 2.00. The number of imidazole rings is 1. The van der Waals surface area contributed by atoms with Crippen molar-refractivity contribution in [1.82, 2.24) is 14.7 Å². The van der Waals surface area contributed by atoms with E-state index in [9.17, 15) is 9.18 Å². The maximum atomic E-state index is 13.3. The number of nitrogens with one attached hydrogen (secondary N) is 1. The molecule has 5 heteroatoms. The number of hydrogen-bond donors (Lipinski definition) is 1. The molecule has 0 bridgehead atoms. The lowest BCUT2D eigenvalue weighted by Gasteiger charge is -2.16. The number of fused-ring (bicyclic) bond motifs is 1. The molecule has 2 aliphatic rings. The van der Waals surface area contributed by atoms with Crippen LogP contribution in [0, 0.1) is 17.7 Å². The summed E-state index contributed by atoms with van der Waals surface area (Å²) in [5.74, 6) is 1.53. The van der Waals surface area contributed by atoms with Crippen LogP contribution in [0.25, 0.3) is 16.9 Å². The number of rotatable bonds is 5. The van der Waals surface area contributed by atoms with Crippen LogP contribution in [-0.2, 0) is 0 Å². The molecule has 0 radical (unpaired) electrons. The van der Waals surface area contributed by atoms with Crippen molar-refractivity contribution >= 4 is 11.4 Å². The van der Waals surface area contributed by atoms with Crippen LogP contribution in [0.5, 0.6) is 0 Å². The van der Waals surface area contributed by atoms with Gasteiger partial charge in [0.1, 0.15) is 11.6 Å². The van der Waals surface area contributed by atoms with Gasteiger partial charge in [0, 0.05) is 17.8 Å². The highest BCUT2D eigenvalue weighted by Crippen LogP contribution is 2.44. The van der Waals surface area contributed by atoms with Gasteiger partial charge in [-0.15, -0.1) is 0 Å². The van der Waals surface area contributed by atoms with Crippen molar-refractivity contribution in [2.45, 2.75) is 31.7 Å². The molecule has 1 aromatic carbocycles. The third-order valence-electron chi connectivity index (χ3n) is 5.42. The summed E-state index contributed by atoms with van der Waals surface area (Å²) in [6.07, 6.45) is 6.74. The van der Waals surface area contributed by atoms with Crippen LogP contribution in [0.3, 0.4) is 0 Å². The molecule has 4 nitrogen and oxygen atoms in total. The van der Waals surface area contributed by atoms with E-state index >= 15 is 0 Å². The normalized spacial score (nSPS) is 17.0. The van der Waals surface area contributed by atoms with Gasteiger partial charge in [0.15, 0.2) is 5.69 Å². The Kier molecular flexibility index (Phi) is 3.55. The van der Waals surface area contributed by atoms with Crippen molar-refractivity contribution < 1.29 is 9.18 Å². The molecule has 0 aliphatic heterocycles. The monoisotopic (exact) mass is 349 g/mol. The van der Waals surface area contributed by atoms with Crippen LogP contribution >= 0.6 is 0 Å². The average Bonchev–Trinajstić information content (AvgIpc) is 3.57. The Hall–Kier alpha value is -2.69. The highest BCUT2D eigenvalue weighted by molar-refractivity contribution is 6.00. The summed E-state index contributed by atoms with van der Waals surface area (Å²) >= 11 is 0. The van der Waals surface area contributed by atoms with Gasteiger partial charge in [-0.1, -0.05) is 6.07 Å². The minimum Gasteiger partial charge on any atom is -0.347 e. The van der Waals surface area contributed by atoms with Gasteiger partial charge in [-0.05, 0) is 73.9 Å². The van der Waals surface area contributed by atoms with Crippen LogP contribution in [-0.4, -0.2) is 21.3 Å². The predicted octanol–water partition coefficient (Wildman–Crippen LogP) is 4.06. The van der Waals surface area contributed by atoms with Crippen molar-refractivity contribution in [3.05, 3.63) is 60.2 Å². The van der Waals surface area contributed by atoms with Crippen molar-refractivity contribution in [2.75, 3.05) is 0 Å². The highest BCUT2D eigenvalue weighted by Gasteiger charge is 2.42. The fourth-order valence-corrected chi connectivity index (χ4v) is 3.76. The van der Waals surface area contributed by atoms with Gasteiger partial charge in [0.05, 0.1) is 5.52 Å². The minimum absolute atomic E-state index is 0.106. The quantitative estimate of drug-likeness (QED) is 0.755. The molecule has 2 saturated carbocycles. The first-order valence-electron chi connectivity index (χ1n) is 9.24. The van der Waals surface area contributed by atoms with Gasteiger partial charge in [-0.3, -0.25) is 9.20 Å². The van der Waals surface area contributed by atoms with Crippen LogP contribution in [0.1, 0.15) is 36.2 Å². The number of carbonyl (C=O) groups excluding carboxylic acids is 1. The van der Waals surface area contributed by atoms with Gasteiger partial charge in [-0.25, -0.2) is 9.37 Å². The molecule has 0 spiro atoms. The lowest BCUT2D eigenvalue weighted by atomic mass is 10.1. The van der Waals surface area contributed by atoms with E-state index in [2.05, 4.69) is 10.3 Å². The molecular weight excluding hydrogens is 329 g/mol. The summed E-state index contributed by atoms with van der Waals surface area (Å²) in [6, 6.07) is 12.2. The second kappa shape index (κ2) is 5.94. The van der Waals surface area contributed by atoms with Gasteiger partial charge in [0.25, 0.3) is 5.91 Å². The Morgan fingerprint density at radius 2 is 1.77 bits per heavy atom. The number of hydrogen-bond acceptors (Lipinski definition) is 2. The van der Waals surface area contributed by atoms with Gasteiger partial charge in [0.2, 0.25) is 0 Å². The molecule has 2 aliphatic carbocycles.